The van der Waals surface area contributed by atoms with Gasteiger partial charge in [0.1, 0.15) is 10.9 Å². The predicted molar refractivity (Wildman–Crippen MR) is 106 cm³/mol. The Bertz CT molecular complexity index is 990. The van der Waals surface area contributed by atoms with Crippen LogP contribution >= 0.6 is 35.3 Å². The van der Waals surface area contributed by atoms with Gasteiger partial charge in [0.05, 0.1) is 17.7 Å². The summed E-state index contributed by atoms with van der Waals surface area (Å²) in [6.45, 7) is 4.31. The first-order chi connectivity index (χ1) is 12.6. The molecule has 3 heterocycles. The minimum absolute atomic E-state index is 0.224. The Morgan fingerprint density at radius 2 is 2.42 bits per heavy atom. The summed E-state index contributed by atoms with van der Waals surface area (Å²) in [5.74, 6) is 0.549. The van der Waals surface area contributed by atoms with Crippen molar-refractivity contribution in [3.8, 4) is 0 Å². The maximum absolute atomic E-state index is 12.5. The zero-order chi connectivity index (χ0) is 18.5. The quantitative estimate of drug-likeness (QED) is 0.356. The monoisotopic (exact) mass is 404 g/mol. The topological polar surface area (TPSA) is 88.5 Å². The molecule has 2 N–H and O–H groups in total. The van der Waals surface area contributed by atoms with E-state index in [0.29, 0.717) is 33.5 Å². The van der Waals surface area contributed by atoms with Gasteiger partial charge in [-0.1, -0.05) is 6.08 Å². The van der Waals surface area contributed by atoms with Gasteiger partial charge < -0.3 is 0 Å². The maximum Gasteiger partial charge on any atom is 0.260 e. The number of thiazole rings is 1. The van der Waals surface area contributed by atoms with Gasteiger partial charge in [0.25, 0.3) is 5.91 Å². The number of aromatic nitrogens is 5. The zero-order valence-electron chi connectivity index (χ0n) is 13.9. The number of thioether (sulfide) groups is 1. The average molecular weight is 405 g/mol. The summed E-state index contributed by atoms with van der Waals surface area (Å²) < 4.78 is 2.41. The largest absolute Gasteiger partial charge is 0.300 e. The van der Waals surface area contributed by atoms with Crippen LogP contribution in [0.2, 0.25) is 0 Å². The number of allylic oxidation sites excluding steroid dienone is 1. The van der Waals surface area contributed by atoms with Gasteiger partial charge in [0.2, 0.25) is 0 Å². The van der Waals surface area contributed by atoms with Gasteiger partial charge in [-0.15, -0.1) is 29.7 Å². The molecule has 3 aromatic heterocycles. The van der Waals surface area contributed by atoms with E-state index in [0.717, 1.165) is 11.5 Å². The molecule has 0 atom stereocenters. The SMILES string of the molecule is C=CCn1c(Cc2csc(NC(=O)c3cccnc3SC)n2)n[nH]c1=S. The van der Waals surface area contributed by atoms with Crippen LogP contribution in [0.15, 0.2) is 41.4 Å². The summed E-state index contributed by atoms with van der Waals surface area (Å²) in [5.41, 5.74) is 1.34. The van der Waals surface area contributed by atoms with Crippen LogP contribution in [0.4, 0.5) is 5.13 Å². The van der Waals surface area contributed by atoms with Crippen LogP contribution in [0.25, 0.3) is 0 Å². The number of anilines is 1. The molecule has 0 aromatic carbocycles. The number of hydrogen-bond acceptors (Lipinski definition) is 7. The summed E-state index contributed by atoms with van der Waals surface area (Å²) in [5, 5.41) is 12.9. The van der Waals surface area contributed by atoms with E-state index >= 15 is 0 Å². The molecule has 0 bridgehead atoms. The molecule has 0 aliphatic heterocycles. The Kier molecular flexibility index (Phi) is 5.96. The fourth-order valence-corrected chi connectivity index (χ4v) is 3.78. The van der Waals surface area contributed by atoms with Crippen molar-refractivity contribution in [3.63, 3.8) is 0 Å². The van der Waals surface area contributed by atoms with E-state index in [4.69, 9.17) is 12.2 Å². The van der Waals surface area contributed by atoms with Crippen LogP contribution in [0, 0.1) is 4.77 Å². The van der Waals surface area contributed by atoms with E-state index in [-0.39, 0.29) is 5.91 Å². The van der Waals surface area contributed by atoms with Gasteiger partial charge in [-0.2, -0.15) is 5.10 Å². The average Bonchev–Trinajstić information content (AvgIpc) is 3.23. The van der Waals surface area contributed by atoms with Crippen molar-refractivity contribution in [2.75, 3.05) is 11.6 Å². The third-order valence-corrected chi connectivity index (χ3v) is 5.30. The molecule has 26 heavy (non-hydrogen) atoms. The van der Waals surface area contributed by atoms with E-state index in [2.05, 4.69) is 32.1 Å². The van der Waals surface area contributed by atoms with Crippen molar-refractivity contribution >= 4 is 46.4 Å². The second-order valence-corrected chi connectivity index (χ2v) is 7.22. The number of hydrogen-bond donors (Lipinski definition) is 2. The van der Waals surface area contributed by atoms with Gasteiger partial charge in [-0.3, -0.25) is 19.8 Å². The Balaban J connectivity index is 1.73. The fourth-order valence-electron chi connectivity index (χ4n) is 2.30. The molecule has 3 aromatic rings. The third-order valence-electron chi connectivity index (χ3n) is 3.47. The highest BCUT2D eigenvalue weighted by atomic mass is 32.2. The van der Waals surface area contributed by atoms with Crippen LogP contribution in [0.3, 0.4) is 0 Å². The Morgan fingerprint density at radius 3 is 3.19 bits per heavy atom. The molecule has 0 unspecified atom stereocenters. The first kappa shape index (κ1) is 18.5. The van der Waals surface area contributed by atoms with Crippen LogP contribution in [-0.4, -0.2) is 36.9 Å². The number of rotatable bonds is 7. The molecule has 0 saturated heterocycles. The van der Waals surface area contributed by atoms with E-state index < -0.39 is 0 Å². The Morgan fingerprint density at radius 1 is 1.58 bits per heavy atom. The van der Waals surface area contributed by atoms with Gasteiger partial charge >= 0.3 is 0 Å². The summed E-state index contributed by atoms with van der Waals surface area (Å²) in [6.07, 6.45) is 5.82. The molecular formula is C16H16N6OS3. The number of carbonyl (C=O) groups is 1. The van der Waals surface area contributed by atoms with Crippen LogP contribution in [-0.2, 0) is 13.0 Å². The van der Waals surface area contributed by atoms with E-state index in [1.54, 1.807) is 24.4 Å². The Hall–Kier alpha value is -2.30. The summed E-state index contributed by atoms with van der Waals surface area (Å²) in [7, 11) is 0. The minimum atomic E-state index is -0.224. The number of carbonyl (C=O) groups excluding carboxylic acids is 1. The predicted octanol–water partition coefficient (Wildman–Crippen LogP) is 3.54. The smallest absolute Gasteiger partial charge is 0.260 e. The molecule has 0 radical (unpaired) electrons. The van der Waals surface area contributed by atoms with Crippen LogP contribution in [0.5, 0.6) is 0 Å². The lowest BCUT2D eigenvalue weighted by atomic mass is 10.3. The second-order valence-electron chi connectivity index (χ2n) is 5.18. The highest BCUT2D eigenvalue weighted by Gasteiger charge is 2.14. The number of aromatic amines is 1. The highest BCUT2D eigenvalue weighted by Crippen LogP contribution is 2.21. The molecule has 0 aliphatic carbocycles. The number of nitrogens with zero attached hydrogens (tertiary/aromatic N) is 4. The number of H-pyrrole nitrogens is 1. The van der Waals surface area contributed by atoms with Crippen molar-refractivity contribution in [2.24, 2.45) is 0 Å². The van der Waals surface area contributed by atoms with Crippen molar-refractivity contribution in [2.45, 2.75) is 18.0 Å². The molecule has 1 amide bonds. The lowest BCUT2D eigenvalue weighted by Crippen LogP contribution is -2.13. The molecule has 0 fully saturated rings. The molecular weight excluding hydrogens is 388 g/mol. The molecule has 0 spiro atoms. The van der Waals surface area contributed by atoms with E-state index in [1.165, 1.54) is 23.1 Å². The summed E-state index contributed by atoms with van der Waals surface area (Å²) in [4.78, 5) is 21.1. The standard InChI is InChI=1S/C16H16N6OS3/c1-3-7-22-12(20-21-16(22)24)8-10-9-26-15(18-10)19-13(23)11-5-4-6-17-14(11)25-2/h3-6,9H,1,7-8H2,2H3,(H,21,24)(H,18,19,23). The number of nitrogens with one attached hydrogen (secondary N) is 2. The third kappa shape index (κ3) is 4.09. The molecule has 3 rings (SSSR count). The highest BCUT2D eigenvalue weighted by molar-refractivity contribution is 7.98. The molecule has 7 nitrogen and oxygen atoms in total. The second kappa shape index (κ2) is 8.39. The first-order valence-electron chi connectivity index (χ1n) is 7.62. The van der Waals surface area contributed by atoms with E-state index in [1.807, 2.05) is 16.2 Å². The lowest BCUT2D eigenvalue weighted by molar-refractivity contribution is 0.102. The normalized spacial score (nSPS) is 10.7. The van der Waals surface area contributed by atoms with E-state index in [9.17, 15) is 4.79 Å². The summed E-state index contributed by atoms with van der Waals surface area (Å²) in [6, 6.07) is 3.49. The Labute approximate surface area is 163 Å². The number of pyridine rings is 1. The van der Waals surface area contributed by atoms with Crippen molar-refractivity contribution < 1.29 is 4.79 Å². The molecule has 0 saturated carbocycles. The molecule has 134 valence electrons. The van der Waals surface area contributed by atoms with Gasteiger partial charge in [-0.25, -0.2) is 9.97 Å². The van der Waals surface area contributed by atoms with Crippen molar-refractivity contribution in [1.82, 2.24) is 24.7 Å². The molecule has 0 aliphatic rings. The van der Waals surface area contributed by atoms with Crippen molar-refractivity contribution in [1.29, 1.82) is 0 Å². The van der Waals surface area contributed by atoms with Crippen LogP contribution < -0.4 is 5.32 Å². The summed E-state index contributed by atoms with van der Waals surface area (Å²) >= 11 is 8.00. The molecule has 10 heteroatoms. The van der Waals surface area contributed by atoms with Gasteiger partial charge in [0.15, 0.2) is 9.90 Å². The first-order valence-corrected chi connectivity index (χ1v) is 10.1. The van der Waals surface area contributed by atoms with Gasteiger partial charge in [0, 0.05) is 18.1 Å². The zero-order valence-corrected chi connectivity index (χ0v) is 16.4. The number of amides is 1. The maximum atomic E-state index is 12.5. The lowest BCUT2D eigenvalue weighted by Gasteiger charge is -2.05. The fraction of sp³-hybridized carbons (Fsp3) is 0.188. The van der Waals surface area contributed by atoms with Gasteiger partial charge in [-0.05, 0) is 30.6 Å². The minimum Gasteiger partial charge on any atom is -0.300 e. The van der Waals surface area contributed by atoms with Crippen LogP contribution in [0.1, 0.15) is 21.9 Å². The van der Waals surface area contributed by atoms with Crippen molar-refractivity contribution in [3.05, 3.63) is 58.2 Å².